The van der Waals surface area contributed by atoms with Crippen molar-refractivity contribution in [2.24, 2.45) is 11.3 Å². The van der Waals surface area contributed by atoms with Gasteiger partial charge in [-0.05, 0) is 63.8 Å². The lowest BCUT2D eigenvalue weighted by atomic mass is 9.55. The average molecular weight is 293 g/mol. The summed E-state index contributed by atoms with van der Waals surface area (Å²) in [4.78, 5) is 0. The second-order valence-corrected chi connectivity index (χ2v) is 8.04. The van der Waals surface area contributed by atoms with Gasteiger partial charge in [-0.25, -0.2) is 0 Å². The van der Waals surface area contributed by atoms with Crippen molar-refractivity contribution in [1.82, 2.24) is 5.32 Å². The van der Waals surface area contributed by atoms with Crippen LogP contribution >= 0.6 is 0 Å². The SMILES string of the molecule is CCCNC1CC(OC2CCC(C)CC2)C12CCCCC2. The number of ether oxygens (including phenoxy) is 1. The monoisotopic (exact) mass is 293 g/mol. The van der Waals surface area contributed by atoms with Gasteiger partial charge in [-0.1, -0.05) is 33.1 Å². The molecule has 2 atom stereocenters. The van der Waals surface area contributed by atoms with E-state index in [-0.39, 0.29) is 0 Å². The highest BCUT2D eigenvalue weighted by atomic mass is 16.5. The molecule has 3 saturated carbocycles. The molecule has 3 aliphatic carbocycles. The average Bonchev–Trinajstić information content (AvgIpc) is 2.53. The van der Waals surface area contributed by atoms with Crippen molar-refractivity contribution in [3.05, 3.63) is 0 Å². The van der Waals surface area contributed by atoms with E-state index in [0.29, 0.717) is 17.6 Å². The molecule has 0 aromatic rings. The third kappa shape index (κ3) is 3.32. The Morgan fingerprint density at radius 3 is 2.43 bits per heavy atom. The molecule has 2 heteroatoms. The maximum Gasteiger partial charge on any atom is 0.0665 e. The second kappa shape index (κ2) is 7.00. The Kier molecular flexibility index (Phi) is 5.27. The van der Waals surface area contributed by atoms with E-state index in [9.17, 15) is 0 Å². The van der Waals surface area contributed by atoms with Crippen LogP contribution in [0.4, 0.5) is 0 Å². The smallest absolute Gasteiger partial charge is 0.0665 e. The molecule has 21 heavy (non-hydrogen) atoms. The molecular weight excluding hydrogens is 258 g/mol. The molecule has 3 rings (SSSR count). The quantitative estimate of drug-likeness (QED) is 0.795. The van der Waals surface area contributed by atoms with Crippen LogP contribution < -0.4 is 5.32 Å². The lowest BCUT2D eigenvalue weighted by Crippen LogP contribution is -2.65. The molecule has 0 saturated heterocycles. The molecular formula is C19H35NO. The molecule has 0 aliphatic heterocycles. The predicted molar refractivity (Wildman–Crippen MR) is 88.5 cm³/mol. The van der Waals surface area contributed by atoms with Gasteiger partial charge in [-0.15, -0.1) is 0 Å². The summed E-state index contributed by atoms with van der Waals surface area (Å²) in [6.45, 7) is 5.85. The molecule has 3 fully saturated rings. The summed E-state index contributed by atoms with van der Waals surface area (Å²) in [6.07, 6.45) is 16.1. The van der Waals surface area contributed by atoms with E-state index in [1.165, 1.54) is 77.2 Å². The lowest BCUT2D eigenvalue weighted by molar-refractivity contribution is -0.182. The summed E-state index contributed by atoms with van der Waals surface area (Å²) < 4.78 is 6.64. The van der Waals surface area contributed by atoms with E-state index < -0.39 is 0 Å². The molecule has 122 valence electrons. The zero-order valence-corrected chi connectivity index (χ0v) is 14.2. The summed E-state index contributed by atoms with van der Waals surface area (Å²) in [7, 11) is 0. The highest BCUT2D eigenvalue weighted by Gasteiger charge is 2.55. The fraction of sp³-hybridized carbons (Fsp3) is 1.00. The van der Waals surface area contributed by atoms with Gasteiger partial charge in [-0.2, -0.15) is 0 Å². The van der Waals surface area contributed by atoms with Crippen molar-refractivity contribution in [2.45, 2.75) is 103 Å². The Morgan fingerprint density at radius 2 is 1.76 bits per heavy atom. The molecule has 0 radical (unpaired) electrons. The third-order valence-corrected chi connectivity index (χ3v) is 6.53. The van der Waals surface area contributed by atoms with E-state index in [4.69, 9.17) is 4.74 Å². The molecule has 1 spiro atoms. The largest absolute Gasteiger partial charge is 0.374 e. The summed E-state index contributed by atoms with van der Waals surface area (Å²) >= 11 is 0. The maximum absolute atomic E-state index is 6.64. The van der Waals surface area contributed by atoms with E-state index in [0.717, 1.165) is 12.0 Å². The van der Waals surface area contributed by atoms with Crippen molar-refractivity contribution < 1.29 is 4.74 Å². The summed E-state index contributed by atoms with van der Waals surface area (Å²) in [6, 6.07) is 0.741. The van der Waals surface area contributed by atoms with Crippen LogP contribution in [-0.4, -0.2) is 24.8 Å². The van der Waals surface area contributed by atoms with Gasteiger partial charge in [0.1, 0.15) is 0 Å². The van der Waals surface area contributed by atoms with Crippen LogP contribution in [0.1, 0.15) is 84.5 Å². The van der Waals surface area contributed by atoms with Crippen LogP contribution in [0.25, 0.3) is 0 Å². The first-order chi connectivity index (χ1) is 10.2. The van der Waals surface area contributed by atoms with Crippen molar-refractivity contribution in [2.75, 3.05) is 6.54 Å². The Morgan fingerprint density at radius 1 is 1.05 bits per heavy atom. The van der Waals surface area contributed by atoms with Crippen molar-refractivity contribution in [1.29, 1.82) is 0 Å². The van der Waals surface area contributed by atoms with Gasteiger partial charge in [0.25, 0.3) is 0 Å². The number of rotatable bonds is 5. The van der Waals surface area contributed by atoms with Gasteiger partial charge in [0.2, 0.25) is 0 Å². The summed E-state index contributed by atoms with van der Waals surface area (Å²) in [5, 5.41) is 3.82. The molecule has 2 nitrogen and oxygen atoms in total. The fourth-order valence-electron chi connectivity index (χ4n) is 5.02. The van der Waals surface area contributed by atoms with E-state index in [1.54, 1.807) is 0 Å². The first-order valence-electron chi connectivity index (χ1n) is 9.63. The molecule has 0 bridgehead atoms. The first kappa shape index (κ1) is 15.8. The minimum absolute atomic E-state index is 0.497. The highest BCUT2D eigenvalue weighted by molar-refractivity contribution is 5.09. The van der Waals surface area contributed by atoms with Gasteiger partial charge in [0.15, 0.2) is 0 Å². The van der Waals surface area contributed by atoms with Gasteiger partial charge in [0.05, 0.1) is 12.2 Å². The highest BCUT2D eigenvalue weighted by Crippen LogP contribution is 2.54. The molecule has 1 N–H and O–H groups in total. The van der Waals surface area contributed by atoms with E-state index in [1.807, 2.05) is 0 Å². The third-order valence-electron chi connectivity index (χ3n) is 6.53. The summed E-state index contributed by atoms with van der Waals surface area (Å²) in [5.74, 6) is 0.925. The van der Waals surface area contributed by atoms with E-state index >= 15 is 0 Å². The predicted octanol–water partition coefficient (Wildman–Crippen LogP) is 4.67. The van der Waals surface area contributed by atoms with Gasteiger partial charge < -0.3 is 10.1 Å². The zero-order chi connectivity index (χ0) is 14.7. The second-order valence-electron chi connectivity index (χ2n) is 8.04. The standard InChI is InChI=1S/C19H35NO/c1-3-13-20-17-14-18(19(17)11-5-4-6-12-19)21-16-9-7-15(2)8-10-16/h15-18,20H,3-14H2,1-2H3. The number of hydrogen-bond acceptors (Lipinski definition) is 2. The van der Waals surface area contributed by atoms with Gasteiger partial charge in [0, 0.05) is 11.5 Å². The minimum atomic E-state index is 0.497. The van der Waals surface area contributed by atoms with E-state index in [2.05, 4.69) is 19.2 Å². The minimum Gasteiger partial charge on any atom is -0.374 e. The Balaban J connectivity index is 1.57. The topological polar surface area (TPSA) is 21.3 Å². The molecule has 0 heterocycles. The first-order valence-corrected chi connectivity index (χ1v) is 9.63. The normalized spacial score (nSPS) is 39.1. The van der Waals surface area contributed by atoms with Crippen LogP contribution in [-0.2, 0) is 4.74 Å². The molecule has 0 amide bonds. The van der Waals surface area contributed by atoms with Crippen molar-refractivity contribution >= 4 is 0 Å². The Hall–Kier alpha value is -0.0800. The zero-order valence-electron chi connectivity index (χ0n) is 14.2. The van der Waals surface area contributed by atoms with Crippen LogP contribution in [0, 0.1) is 11.3 Å². The number of nitrogens with one attached hydrogen (secondary N) is 1. The molecule has 0 aromatic heterocycles. The van der Waals surface area contributed by atoms with Crippen LogP contribution in [0.3, 0.4) is 0 Å². The Bertz CT molecular complexity index is 316. The van der Waals surface area contributed by atoms with Gasteiger partial charge in [-0.3, -0.25) is 0 Å². The van der Waals surface area contributed by atoms with Crippen molar-refractivity contribution in [3.63, 3.8) is 0 Å². The summed E-state index contributed by atoms with van der Waals surface area (Å²) in [5.41, 5.74) is 0.497. The molecule has 0 aromatic carbocycles. The molecule has 3 aliphatic rings. The van der Waals surface area contributed by atoms with Crippen molar-refractivity contribution in [3.8, 4) is 0 Å². The van der Waals surface area contributed by atoms with Crippen LogP contribution in [0.2, 0.25) is 0 Å². The maximum atomic E-state index is 6.64. The number of hydrogen-bond donors (Lipinski definition) is 1. The van der Waals surface area contributed by atoms with Crippen LogP contribution in [0.5, 0.6) is 0 Å². The van der Waals surface area contributed by atoms with Gasteiger partial charge >= 0.3 is 0 Å². The Labute approximate surface area is 131 Å². The fourth-order valence-corrected chi connectivity index (χ4v) is 5.02. The van der Waals surface area contributed by atoms with Crippen LogP contribution in [0.15, 0.2) is 0 Å². The lowest BCUT2D eigenvalue weighted by Gasteiger charge is -2.59. The molecule has 2 unspecified atom stereocenters.